The predicted molar refractivity (Wildman–Crippen MR) is 42.9 cm³/mol. The van der Waals surface area contributed by atoms with Crippen molar-refractivity contribution in [2.45, 2.75) is 13.8 Å². The van der Waals surface area contributed by atoms with Gasteiger partial charge in [-0.3, -0.25) is 4.79 Å². The van der Waals surface area contributed by atoms with Crippen molar-refractivity contribution in [3.05, 3.63) is 0 Å². The molecular formula is C7H13FeNO6. The van der Waals surface area contributed by atoms with E-state index >= 15 is 0 Å². The number of nitrogens with one attached hydrogen (secondary N) is 1. The molecule has 7 nitrogen and oxygen atoms in total. The van der Waals surface area contributed by atoms with Crippen LogP contribution in [0.5, 0.6) is 0 Å². The van der Waals surface area contributed by atoms with E-state index < -0.39 is 17.9 Å². The smallest absolute Gasteiger partial charge is 0.550 e. The largest absolute Gasteiger partial charge is 2.00 e. The van der Waals surface area contributed by atoms with Gasteiger partial charge in [0.1, 0.15) is 0 Å². The third kappa shape index (κ3) is 428. The molecule has 0 saturated heterocycles. The fourth-order valence-electron chi connectivity index (χ4n) is 0.151. The third-order valence-corrected chi connectivity index (χ3v) is 0.328. The number of carboxylic acid groups (broad SMARTS) is 3. The van der Waals surface area contributed by atoms with Crippen LogP contribution in [0.2, 0.25) is 0 Å². The SMILES string of the molecule is CC(=O)[O-].CC(=O)[O-].CNCC(=O)O.[Fe+2]. The van der Waals surface area contributed by atoms with Gasteiger partial charge in [0.25, 0.3) is 0 Å². The van der Waals surface area contributed by atoms with E-state index in [2.05, 4.69) is 5.32 Å². The van der Waals surface area contributed by atoms with E-state index in [0.717, 1.165) is 13.8 Å². The summed E-state index contributed by atoms with van der Waals surface area (Å²) in [5.41, 5.74) is 0. The molecule has 0 heterocycles. The van der Waals surface area contributed by atoms with Gasteiger partial charge in [-0.1, -0.05) is 0 Å². The predicted octanol–water partition coefficient (Wildman–Crippen LogP) is -3.20. The molecular weight excluding hydrogens is 250 g/mol. The van der Waals surface area contributed by atoms with Crippen LogP contribution in [0.3, 0.4) is 0 Å². The first kappa shape index (κ1) is 23.6. The molecule has 90 valence electrons. The van der Waals surface area contributed by atoms with Gasteiger partial charge in [0.2, 0.25) is 0 Å². The number of rotatable bonds is 2. The number of hydrogen-bond acceptors (Lipinski definition) is 6. The molecule has 8 heteroatoms. The minimum Gasteiger partial charge on any atom is -0.550 e. The molecule has 0 atom stereocenters. The molecule has 0 fully saturated rings. The molecule has 0 aliphatic carbocycles. The van der Waals surface area contributed by atoms with Crippen molar-refractivity contribution < 1.29 is 46.8 Å². The van der Waals surface area contributed by atoms with Gasteiger partial charge in [-0.05, 0) is 20.9 Å². The van der Waals surface area contributed by atoms with Gasteiger partial charge in [0.15, 0.2) is 0 Å². The van der Waals surface area contributed by atoms with Gasteiger partial charge in [0.05, 0.1) is 6.54 Å². The van der Waals surface area contributed by atoms with E-state index in [1.807, 2.05) is 0 Å². The zero-order chi connectivity index (χ0) is 12.1. The maximum absolute atomic E-state index is 9.54. The summed E-state index contributed by atoms with van der Waals surface area (Å²) in [6.45, 7) is 1.99. The van der Waals surface area contributed by atoms with Crippen molar-refractivity contribution in [3.63, 3.8) is 0 Å². The van der Waals surface area contributed by atoms with Crippen LogP contribution in [0.25, 0.3) is 0 Å². The first-order valence-electron chi connectivity index (χ1n) is 3.45. The van der Waals surface area contributed by atoms with Gasteiger partial charge in [-0.2, -0.15) is 0 Å². The number of likely N-dealkylation sites (N-methyl/N-ethyl adjacent to an activating group) is 1. The molecule has 0 aromatic rings. The van der Waals surface area contributed by atoms with Crippen LogP contribution >= 0.6 is 0 Å². The Morgan fingerprint density at radius 3 is 1.33 bits per heavy atom. The van der Waals surface area contributed by atoms with Crippen molar-refractivity contribution >= 4 is 17.9 Å². The summed E-state index contributed by atoms with van der Waals surface area (Å²) >= 11 is 0. The Hall–Kier alpha value is -1.11. The second-order valence-corrected chi connectivity index (χ2v) is 1.91. The molecule has 0 aromatic heterocycles. The van der Waals surface area contributed by atoms with E-state index in [1.54, 1.807) is 7.05 Å². The van der Waals surface area contributed by atoms with Gasteiger partial charge < -0.3 is 30.2 Å². The summed E-state index contributed by atoms with van der Waals surface area (Å²) in [4.78, 5) is 27.3. The molecule has 0 saturated carbocycles. The molecule has 0 spiro atoms. The normalized spacial score (nSPS) is 6.60. The maximum atomic E-state index is 9.54. The van der Waals surface area contributed by atoms with Crippen LogP contribution in [0, 0.1) is 0 Å². The maximum Gasteiger partial charge on any atom is 2.00 e. The van der Waals surface area contributed by atoms with E-state index in [9.17, 15) is 4.79 Å². The molecule has 0 unspecified atom stereocenters. The molecule has 15 heavy (non-hydrogen) atoms. The number of carbonyl (C=O) groups excluding carboxylic acids is 2. The minimum atomic E-state index is -1.08. The molecule has 0 radical (unpaired) electrons. The summed E-state index contributed by atoms with van der Waals surface area (Å²) in [5, 5.41) is 28.1. The van der Waals surface area contributed by atoms with Crippen LogP contribution in [0.4, 0.5) is 0 Å². The summed E-state index contributed by atoms with van der Waals surface area (Å²) in [7, 11) is 1.59. The third-order valence-electron chi connectivity index (χ3n) is 0.328. The Morgan fingerprint density at radius 1 is 1.13 bits per heavy atom. The molecule has 0 aliphatic heterocycles. The zero-order valence-electron chi connectivity index (χ0n) is 8.55. The van der Waals surface area contributed by atoms with E-state index in [-0.39, 0.29) is 23.6 Å². The van der Waals surface area contributed by atoms with Crippen molar-refractivity contribution in [1.82, 2.24) is 5.32 Å². The Morgan fingerprint density at radius 2 is 1.33 bits per heavy atom. The second-order valence-electron chi connectivity index (χ2n) is 1.91. The van der Waals surface area contributed by atoms with Crippen molar-refractivity contribution in [2.75, 3.05) is 13.6 Å². The van der Waals surface area contributed by atoms with Gasteiger partial charge in [-0.25, -0.2) is 0 Å². The average Bonchev–Trinajstić information content (AvgIpc) is 1.82. The topological polar surface area (TPSA) is 130 Å². The van der Waals surface area contributed by atoms with Crippen molar-refractivity contribution in [2.24, 2.45) is 0 Å². The molecule has 0 aliphatic rings. The average molecular weight is 263 g/mol. The Balaban J connectivity index is -0.0000000606. The summed E-state index contributed by atoms with van der Waals surface area (Å²) < 4.78 is 0. The summed E-state index contributed by atoms with van der Waals surface area (Å²) in [5.74, 6) is -2.99. The molecule has 0 rings (SSSR count). The quantitative estimate of drug-likeness (QED) is 0.502. The molecule has 0 aromatic carbocycles. The molecule has 0 amide bonds. The number of aliphatic carboxylic acids is 3. The number of carboxylic acids is 3. The van der Waals surface area contributed by atoms with E-state index in [4.69, 9.17) is 24.9 Å². The summed E-state index contributed by atoms with van der Waals surface area (Å²) in [6, 6.07) is 0. The number of carbonyl (C=O) groups is 3. The second kappa shape index (κ2) is 18.6. The Bertz CT molecular complexity index is 164. The zero-order valence-corrected chi connectivity index (χ0v) is 9.65. The minimum absolute atomic E-state index is 0. The monoisotopic (exact) mass is 263 g/mol. The molecule has 0 bridgehead atoms. The van der Waals surface area contributed by atoms with Crippen molar-refractivity contribution in [3.8, 4) is 0 Å². The molecule has 2 N–H and O–H groups in total. The fraction of sp³-hybridized carbons (Fsp3) is 0.571. The van der Waals surface area contributed by atoms with Crippen LogP contribution in [-0.4, -0.2) is 36.6 Å². The van der Waals surface area contributed by atoms with E-state index in [0.29, 0.717) is 0 Å². The van der Waals surface area contributed by atoms with Crippen molar-refractivity contribution in [1.29, 1.82) is 0 Å². The van der Waals surface area contributed by atoms with Gasteiger partial charge >= 0.3 is 23.0 Å². The van der Waals surface area contributed by atoms with E-state index in [1.165, 1.54) is 0 Å². The number of hydrogen-bond donors (Lipinski definition) is 2. The van der Waals surface area contributed by atoms with Gasteiger partial charge in [-0.15, -0.1) is 0 Å². The summed E-state index contributed by atoms with van der Waals surface area (Å²) in [6.07, 6.45) is 0. The fourth-order valence-corrected chi connectivity index (χ4v) is 0.151. The van der Waals surface area contributed by atoms with Crippen LogP contribution in [0.15, 0.2) is 0 Å². The standard InChI is InChI=1S/C3H7NO2.2C2H4O2.Fe/c1-4-2-3(5)6;2*1-2(3)4;/h4H,2H2,1H3,(H,5,6);2*1H3,(H,3,4);/q;;;+2/p-2. The Kier molecular flexibility index (Phi) is 29.3. The first-order valence-corrected chi connectivity index (χ1v) is 3.45. The van der Waals surface area contributed by atoms with Crippen LogP contribution in [-0.2, 0) is 31.5 Å². The van der Waals surface area contributed by atoms with Crippen LogP contribution < -0.4 is 15.5 Å². The first-order chi connectivity index (χ1) is 6.23. The van der Waals surface area contributed by atoms with Crippen LogP contribution in [0.1, 0.15) is 13.8 Å². The Labute approximate surface area is 98.0 Å². The van der Waals surface area contributed by atoms with Gasteiger partial charge in [0, 0.05) is 11.9 Å².